The van der Waals surface area contributed by atoms with E-state index >= 15 is 0 Å². The zero-order valence-electron chi connectivity index (χ0n) is 12.2. The molecule has 19 heavy (non-hydrogen) atoms. The van der Waals surface area contributed by atoms with E-state index < -0.39 is 0 Å². The van der Waals surface area contributed by atoms with Gasteiger partial charge in [0.25, 0.3) is 0 Å². The molecule has 0 aromatic heterocycles. The van der Waals surface area contributed by atoms with Crippen LogP contribution in [0.1, 0.15) is 26.7 Å². The van der Waals surface area contributed by atoms with E-state index in [1.54, 1.807) is 0 Å². The Morgan fingerprint density at radius 1 is 1.47 bits per heavy atom. The van der Waals surface area contributed by atoms with Crippen LogP contribution < -0.4 is 10.6 Å². The SMILES string of the molecule is CC1=C(CCN=C2NC(N(C)C)=NC(C)N2)C=CC1. The summed E-state index contributed by atoms with van der Waals surface area (Å²) in [6.07, 6.45) is 6.58. The van der Waals surface area contributed by atoms with Gasteiger partial charge in [-0.1, -0.05) is 17.7 Å². The molecule has 1 aliphatic heterocycles. The van der Waals surface area contributed by atoms with Crippen molar-refractivity contribution in [3.63, 3.8) is 0 Å². The summed E-state index contributed by atoms with van der Waals surface area (Å²) in [6, 6.07) is 0. The Bertz CT molecular complexity index is 456. The number of aliphatic imine (C=N–C) groups is 2. The second-order valence-corrected chi connectivity index (χ2v) is 5.18. The number of nitrogens with one attached hydrogen (secondary N) is 2. The molecule has 0 fully saturated rings. The minimum atomic E-state index is 0.0599. The Morgan fingerprint density at radius 3 is 2.89 bits per heavy atom. The zero-order valence-corrected chi connectivity index (χ0v) is 12.2. The van der Waals surface area contributed by atoms with Gasteiger partial charge in [-0.3, -0.25) is 10.3 Å². The molecule has 2 rings (SSSR count). The average Bonchev–Trinajstić information content (AvgIpc) is 2.74. The molecule has 0 saturated carbocycles. The maximum Gasteiger partial charge on any atom is 0.202 e. The van der Waals surface area contributed by atoms with Crippen LogP contribution in [0.3, 0.4) is 0 Å². The van der Waals surface area contributed by atoms with Gasteiger partial charge in [-0.05, 0) is 32.3 Å². The predicted octanol–water partition coefficient (Wildman–Crippen LogP) is 1.47. The fourth-order valence-corrected chi connectivity index (χ4v) is 2.14. The summed E-state index contributed by atoms with van der Waals surface area (Å²) < 4.78 is 0. The van der Waals surface area contributed by atoms with Crippen LogP contribution in [0.4, 0.5) is 0 Å². The lowest BCUT2D eigenvalue weighted by Gasteiger charge is -2.26. The van der Waals surface area contributed by atoms with Crippen LogP contribution in [0.25, 0.3) is 0 Å². The van der Waals surface area contributed by atoms with Gasteiger partial charge in [-0.25, -0.2) is 4.99 Å². The molecule has 0 bridgehead atoms. The highest BCUT2D eigenvalue weighted by Gasteiger charge is 2.15. The zero-order chi connectivity index (χ0) is 13.8. The van der Waals surface area contributed by atoms with Crippen LogP contribution in [0.15, 0.2) is 33.3 Å². The van der Waals surface area contributed by atoms with Crippen molar-refractivity contribution in [1.29, 1.82) is 0 Å². The van der Waals surface area contributed by atoms with E-state index in [-0.39, 0.29) is 6.17 Å². The summed E-state index contributed by atoms with van der Waals surface area (Å²) >= 11 is 0. The summed E-state index contributed by atoms with van der Waals surface area (Å²) in [5, 5.41) is 6.43. The predicted molar refractivity (Wildman–Crippen MR) is 80.2 cm³/mol. The maximum atomic E-state index is 4.58. The first-order valence-corrected chi connectivity index (χ1v) is 6.74. The highest BCUT2D eigenvalue weighted by molar-refractivity contribution is 6.00. The molecule has 0 aromatic carbocycles. The van der Waals surface area contributed by atoms with Crippen molar-refractivity contribution in [2.75, 3.05) is 20.6 Å². The van der Waals surface area contributed by atoms with Crippen molar-refractivity contribution in [1.82, 2.24) is 15.5 Å². The standard InChI is InChI=1S/C14H23N5/c1-10-6-5-7-12(10)8-9-15-13-16-11(2)17-14(18-13)19(3)4/h5,7,11H,6,8-9H2,1-4H3,(H2,15,16,17,18). The van der Waals surface area contributed by atoms with Crippen LogP contribution in [0, 0.1) is 0 Å². The Balaban J connectivity index is 1.92. The molecule has 5 heteroatoms. The van der Waals surface area contributed by atoms with Gasteiger partial charge in [-0.15, -0.1) is 0 Å². The highest BCUT2D eigenvalue weighted by atomic mass is 15.4. The van der Waals surface area contributed by atoms with E-state index in [9.17, 15) is 0 Å². The second kappa shape index (κ2) is 5.91. The molecular formula is C14H23N5. The van der Waals surface area contributed by atoms with Gasteiger partial charge < -0.3 is 10.2 Å². The van der Waals surface area contributed by atoms with E-state index in [1.807, 2.05) is 25.9 Å². The van der Waals surface area contributed by atoms with Gasteiger partial charge in [0.2, 0.25) is 5.96 Å². The fourth-order valence-electron chi connectivity index (χ4n) is 2.14. The van der Waals surface area contributed by atoms with Gasteiger partial charge in [0.1, 0.15) is 6.17 Å². The first kappa shape index (κ1) is 13.6. The number of allylic oxidation sites excluding steroid dienone is 3. The van der Waals surface area contributed by atoms with E-state index in [1.165, 1.54) is 11.1 Å². The van der Waals surface area contributed by atoms with Crippen molar-refractivity contribution in [3.8, 4) is 0 Å². The molecule has 1 aliphatic carbocycles. The molecule has 0 aromatic rings. The summed E-state index contributed by atoms with van der Waals surface area (Å²) in [7, 11) is 3.94. The molecule has 5 nitrogen and oxygen atoms in total. The maximum absolute atomic E-state index is 4.58. The number of rotatable bonds is 3. The van der Waals surface area contributed by atoms with Gasteiger partial charge >= 0.3 is 0 Å². The first-order valence-electron chi connectivity index (χ1n) is 6.74. The van der Waals surface area contributed by atoms with E-state index in [0.29, 0.717) is 0 Å². The minimum Gasteiger partial charge on any atom is -0.349 e. The molecule has 1 atom stereocenters. The van der Waals surface area contributed by atoms with E-state index in [0.717, 1.165) is 31.3 Å². The lowest BCUT2D eigenvalue weighted by Crippen LogP contribution is -2.53. The van der Waals surface area contributed by atoms with Crippen LogP contribution in [0.2, 0.25) is 0 Å². The Hall–Kier alpha value is -1.78. The largest absolute Gasteiger partial charge is 0.349 e. The quantitative estimate of drug-likeness (QED) is 0.809. The van der Waals surface area contributed by atoms with Gasteiger partial charge in [-0.2, -0.15) is 0 Å². The summed E-state index contributed by atoms with van der Waals surface area (Å²) in [6.45, 7) is 5.00. The lowest BCUT2D eigenvalue weighted by molar-refractivity contribution is 0.559. The molecule has 2 N–H and O–H groups in total. The molecule has 0 saturated heterocycles. The second-order valence-electron chi connectivity index (χ2n) is 5.18. The van der Waals surface area contributed by atoms with Crippen molar-refractivity contribution in [2.45, 2.75) is 32.9 Å². The van der Waals surface area contributed by atoms with Crippen LogP contribution in [-0.2, 0) is 0 Å². The molecule has 1 heterocycles. The number of guanidine groups is 2. The molecule has 0 spiro atoms. The van der Waals surface area contributed by atoms with Gasteiger partial charge in [0.05, 0.1) is 0 Å². The average molecular weight is 261 g/mol. The minimum absolute atomic E-state index is 0.0599. The topological polar surface area (TPSA) is 52.0 Å². The third kappa shape index (κ3) is 3.59. The summed E-state index contributed by atoms with van der Waals surface area (Å²) in [4.78, 5) is 11.0. The monoisotopic (exact) mass is 261 g/mol. The molecule has 104 valence electrons. The molecular weight excluding hydrogens is 238 g/mol. The molecule has 1 unspecified atom stereocenters. The molecule has 0 radical (unpaired) electrons. The summed E-state index contributed by atoms with van der Waals surface area (Å²) in [5.41, 5.74) is 2.89. The Morgan fingerprint density at radius 2 is 2.26 bits per heavy atom. The molecule has 0 amide bonds. The van der Waals surface area contributed by atoms with E-state index in [2.05, 4.69) is 39.7 Å². The van der Waals surface area contributed by atoms with Crippen molar-refractivity contribution >= 4 is 11.9 Å². The van der Waals surface area contributed by atoms with Crippen LogP contribution >= 0.6 is 0 Å². The number of hydrogen-bond donors (Lipinski definition) is 2. The third-order valence-electron chi connectivity index (χ3n) is 3.26. The summed E-state index contributed by atoms with van der Waals surface area (Å²) in [5.74, 6) is 1.66. The van der Waals surface area contributed by atoms with Gasteiger partial charge in [0.15, 0.2) is 5.96 Å². The highest BCUT2D eigenvalue weighted by Crippen LogP contribution is 2.20. The van der Waals surface area contributed by atoms with E-state index in [4.69, 9.17) is 0 Å². The van der Waals surface area contributed by atoms with Crippen LogP contribution in [-0.4, -0.2) is 43.6 Å². The normalized spacial score (nSPS) is 24.3. The molecule has 2 aliphatic rings. The third-order valence-corrected chi connectivity index (χ3v) is 3.26. The van der Waals surface area contributed by atoms with Gasteiger partial charge in [0, 0.05) is 20.6 Å². The number of hydrogen-bond acceptors (Lipinski definition) is 3. The Kier molecular flexibility index (Phi) is 4.24. The van der Waals surface area contributed by atoms with Crippen molar-refractivity contribution in [3.05, 3.63) is 23.3 Å². The Labute approximate surface area is 115 Å². The van der Waals surface area contributed by atoms with Crippen molar-refractivity contribution < 1.29 is 0 Å². The van der Waals surface area contributed by atoms with Crippen LogP contribution in [0.5, 0.6) is 0 Å². The first-order chi connectivity index (χ1) is 9.06. The fraction of sp³-hybridized carbons (Fsp3) is 0.571. The number of nitrogens with zero attached hydrogens (tertiary/aromatic N) is 3. The smallest absolute Gasteiger partial charge is 0.202 e. The van der Waals surface area contributed by atoms with Crippen molar-refractivity contribution in [2.24, 2.45) is 9.98 Å². The lowest BCUT2D eigenvalue weighted by atomic mass is 10.1.